The minimum Gasteiger partial charge on any atom is -0.393 e. The number of aliphatic hydroxyl groups is 1. The summed E-state index contributed by atoms with van der Waals surface area (Å²) in [7, 11) is 0. The minimum atomic E-state index is -7.23. The summed E-state index contributed by atoms with van der Waals surface area (Å²) in [5.41, 5.74) is -26.2. The van der Waals surface area contributed by atoms with Gasteiger partial charge in [-0.15, -0.1) is 13.2 Å². The number of hydrogen-bond acceptors (Lipinski definition) is 2. The maximum atomic E-state index is 13.7. The first-order chi connectivity index (χ1) is 20.3. The van der Waals surface area contributed by atoms with Crippen LogP contribution in [-0.2, 0) is 4.74 Å². The van der Waals surface area contributed by atoms with Crippen LogP contribution < -0.4 is 0 Å². The number of aliphatic hydroxyl groups excluding tert-OH is 1. The van der Waals surface area contributed by atoms with Crippen LogP contribution in [0.1, 0.15) is 29.7 Å². The lowest BCUT2D eigenvalue weighted by Crippen LogP contribution is -2.69. The third-order valence-electron chi connectivity index (χ3n) is 4.98. The lowest BCUT2D eigenvalue weighted by atomic mass is 9.85. The largest absolute Gasteiger partial charge is 0.434 e. The van der Waals surface area contributed by atoms with Crippen LogP contribution >= 0.6 is 15.9 Å². The van der Waals surface area contributed by atoms with Crippen LogP contribution in [0.15, 0.2) is 25.3 Å². The third-order valence-corrected chi connectivity index (χ3v) is 5.44. The number of rotatable bonds is 10. The fraction of sp³-hybridized carbons (Fsp3) is 0.833. The highest BCUT2D eigenvalue weighted by Gasteiger charge is 2.85. The molecule has 316 valence electrons. The van der Waals surface area contributed by atoms with E-state index in [0.717, 1.165) is 5.33 Å². The van der Waals surface area contributed by atoms with Crippen molar-refractivity contribution in [2.75, 3.05) is 25.2 Å². The maximum absolute atomic E-state index is 13.7. The van der Waals surface area contributed by atoms with Gasteiger partial charge in [0.15, 0.2) is 12.3 Å². The Morgan fingerprint density at radius 2 is 0.725 bits per heavy atom. The third kappa shape index (κ3) is 13.8. The van der Waals surface area contributed by atoms with Gasteiger partial charge in [-0.05, 0) is 0 Å². The summed E-state index contributed by atoms with van der Waals surface area (Å²) in [6, 6.07) is 0. The molecule has 0 aliphatic heterocycles. The fourth-order valence-electron chi connectivity index (χ4n) is 2.43. The zero-order valence-electron chi connectivity index (χ0n) is 21.9. The van der Waals surface area contributed by atoms with E-state index in [2.05, 4.69) is 33.8 Å². The first kappa shape index (κ1) is 64.2. The lowest BCUT2D eigenvalue weighted by molar-refractivity contribution is -0.385. The summed E-state index contributed by atoms with van der Waals surface area (Å²) in [5.74, 6) is 0. The number of allylic oxidation sites excluding steroid dienone is 1. The molecule has 4 unspecified atom stereocenters. The molecule has 0 rings (SSSR count). The highest BCUT2D eigenvalue weighted by Crippen LogP contribution is 2.56. The van der Waals surface area contributed by atoms with Crippen molar-refractivity contribution in [2.24, 2.45) is 0 Å². The molecule has 2 nitrogen and oxygen atoms in total. The molecule has 0 aliphatic rings. The molecule has 0 heterocycles. The zero-order chi connectivity index (χ0) is 39.1. The van der Waals surface area contributed by atoms with Crippen molar-refractivity contribution in [1.82, 2.24) is 0 Å². The van der Waals surface area contributed by atoms with E-state index in [-0.39, 0.29) is 29.7 Å². The van der Waals surface area contributed by atoms with Crippen molar-refractivity contribution in [3.05, 3.63) is 25.3 Å². The van der Waals surface area contributed by atoms with E-state index in [1.165, 1.54) is 0 Å². The Morgan fingerprint density at radius 1 is 0.490 bits per heavy atom. The summed E-state index contributed by atoms with van der Waals surface area (Å²) >= 11 is 3.13. The van der Waals surface area contributed by atoms with Gasteiger partial charge < -0.3 is 9.84 Å². The van der Waals surface area contributed by atoms with Crippen molar-refractivity contribution in [3.63, 3.8) is 0 Å². The highest BCUT2D eigenvalue weighted by molar-refractivity contribution is 9.09. The molecule has 0 spiro atoms. The normalized spacial score (nSPS) is 16.5. The van der Waals surface area contributed by atoms with E-state index in [9.17, 15) is 105 Å². The molecule has 0 saturated carbocycles. The Kier molecular flexibility index (Phi) is 26.7. The molecule has 1 N–H and O–H groups in total. The summed E-state index contributed by atoms with van der Waals surface area (Å²) in [6.45, 7) is -0.485. The quantitative estimate of drug-likeness (QED) is 0.102. The van der Waals surface area contributed by atoms with Gasteiger partial charge in [-0.25, -0.2) is 26.3 Å². The van der Waals surface area contributed by atoms with Crippen molar-refractivity contribution in [1.29, 1.82) is 0 Å². The Balaban J connectivity index is -0.000000129. The second-order valence-electron chi connectivity index (χ2n) is 8.27. The summed E-state index contributed by atoms with van der Waals surface area (Å²) in [5, 5.41) is 8.85. The molecule has 0 saturated heterocycles. The molecule has 4 atom stereocenters. The van der Waals surface area contributed by atoms with Gasteiger partial charge in [0.1, 0.15) is 0 Å². The summed E-state index contributed by atoms with van der Waals surface area (Å²) in [6.07, 6.45) is -51.3. The summed E-state index contributed by atoms with van der Waals surface area (Å²) in [4.78, 5) is 0. The second kappa shape index (κ2) is 21.2. The summed E-state index contributed by atoms with van der Waals surface area (Å²) < 4.78 is 301. The molecule has 0 aliphatic carbocycles. The van der Waals surface area contributed by atoms with E-state index in [4.69, 9.17) is 5.11 Å². The van der Waals surface area contributed by atoms with Crippen LogP contribution in [0.4, 0.5) is 105 Å². The average Bonchev–Trinajstić information content (AvgIpc) is 2.87. The van der Waals surface area contributed by atoms with Crippen LogP contribution in [0, 0.1) is 0 Å². The van der Waals surface area contributed by atoms with Crippen LogP contribution in [0.2, 0.25) is 0 Å². The standard InChI is InChI=1S/C10H8F12O.C7H4F12O.C3H5Br.4CH4/c1-2-3-23-4-6(12,8(14,15)16)5(11)7(13,9(17,18)19)10(20,21)22;8-2(3(9,1-20)5(11,12)13)4(10,6(14,15)16)7(17,18)19;1-2-3-4;;;;/h2,5H,1,3-4H2;2,20H,1H2;2H,1,3H2;4*1H4. The Labute approximate surface area is 284 Å². The monoisotopic (exact) mass is 888 g/mol. The van der Waals surface area contributed by atoms with E-state index >= 15 is 0 Å². The molecule has 0 fully saturated rings. The zero-order valence-corrected chi connectivity index (χ0v) is 23.4. The molecule has 51 heavy (non-hydrogen) atoms. The molecular formula is C24H33BrF24O2. The van der Waals surface area contributed by atoms with Gasteiger partial charge in [-0.2, -0.15) is 79.0 Å². The van der Waals surface area contributed by atoms with Crippen LogP contribution in [0.3, 0.4) is 0 Å². The average molecular weight is 889 g/mol. The number of ether oxygens (including phenoxy) is 1. The van der Waals surface area contributed by atoms with Crippen molar-refractivity contribution in [3.8, 4) is 0 Å². The molecule has 27 heteroatoms. The first-order valence-corrected chi connectivity index (χ1v) is 11.9. The molecule has 0 aromatic heterocycles. The Bertz CT molecular complexity index is 939. The van der Waals surface area contributed by atoms with Crippen LogP contribution in [-0.4, -0.2) is 102 Å². The van der Waals surface area contributed by atoms with E-state index in [1.54, 1.807) is 6.08 Å². The van der Waals surface area contributed by atoms with E-state index < -0.39 is 91.9 Å². The van der Waals surface area contributed by atoms with Crippen molar-refractivity contribution in [2.45, 2.75) is 102 Å². The number of hydrogen-bond donors (Lipinski definition) is 1. The topological polar surface area (TPSA) is 29.5 Å². The smallest absolute Gasteiger partial charge is 0.393 e. The van der Waals surface area contributed by atoms with Gasteiger partial charge in [0.25, 0.3) is 11.3 Å². The predicted molar refractivity (Wildman–Crippen MR) is 140 cm³/mol. The first-order valence-electron chi connectivity index (χ1n) is 10.7. The molecule has 0 aromatic carbocycles. The van der Waals surface area contributed by atoms with Crippen LogP contribution in [0.25, 0.3) is 0 Å². The van der Waals surface area contributed by atoms with Gasteiger partial charge in [-0.3, -0.25) is 0 Å². The van der Waals surface area contributed by atoms with E-state index in [1.807, 2.05) is 0 Å². The molecule has 0 radical (unpaired) electrons. The SMILES string of the molecule is C.C.C.C.C=CCBr.C=CCOCC(F)(C(F)C(F)(C(F)(F)F)C(F)(F)F)C(F)(F)F.OCC(F)(C(F)C(F)(C(F)(F)F)C(F)(F)F)C(F)(F)F. The Hall–Kier alpha value is -1.80. The molecule has 0 bridgehead atoms. The van der Waals surface area contributed by atoms with Gasteiger partial charge in [0.2, 0.25) is 0 Å². The minimum absolute atomic E-state index is 0. The molecule has 0 amide bonds. The number of halogens is 25. The van der Waals surface area contributed by atoms with Gasteiger partial charge in [-0.1, -0.05) is 57.8 Å². The van der Waals surface area contributed by atoms with E-state index in [0.29, 0.717) is 6.08 Å². The highest BCUT2D eigenvalue weighted by atomic mass is 79.9. The van der Waals surface area contributed by atoms with Crippen molar-refractivity contribution >= 4 is 15.9 Å². The van der Waals surface area contributed by atoms with Gasteiger partial charge >= 0.3 is 48.4 Å². The maximum Gasteiger partial charge on any atom is 0.434 e. The van der Waals surface area contributed by atoms with Gasteiger partial charge in [0.05, 0.1) is 19.8 Å². The predicted octanol–water partition coefficient (Wildman–Crippen LogP) is 12.2. The van der Waals surface area contributed by atoms with Gasteiger partial charge in [0, 0.05) is 5.33 Å². The lowest BCUT2D eigenvalue weighted by Gasteiger charge is -2.39. The molecular weight excluding hydrogens is 856 g/mol. The second-order valence-corrected chi connectivity index (χ2v) is 8.91. The van der Waals surface area contributed by atoms with Crippen molar-refractivity contribution < 1.29 is 115 Å². The molecule has 0 aromatic rings. The number of alkyl halides is 25. The Morgan fingerprint density at radius 3 is 0.882 bits per heavy atom. The van der Waals surface area contributed by atoms with Crippen LogP contribution in [0.5, 0.6) is 0 Å². The fourth-order valence-corrected chi connectivity index (χ4v) is 2.43.